The molecule has 0 saturated heterocycles. The normalized spacial score (nSPS) is 12.4. The van der Waals surface area contributed by atoms with Crippen molar-refractivity contribution in [3.63, 3.8) is 0 Å². The van der Waals surface area contributed by atoms with Crippen LogP contribution in [0, 0.1) is 0 Å². The summed E-state index contributed by atoms with van der Waals surface area (Å²) in [5, 5.41) is 3.13. The first-order valence-electron chi connectivity index (χ1n) is 6.60. The van der Waals surface area contributed by atoms with Crippen molar-refractivity contribution in [2.24, 2.45) is 0 Å². The summed E-state index contributed by atoms with van der Waals surface area (Å²) in [7, 11) is 1.93. The highest BCUT2D eigenvalue weighted by Gasteiger charge is 2.13. The second kappa shape index (κ2) is 5.84. The first-order chi connectivity index (χ1) is 9.85. The third kappa shape index (κ3) is 2.86. The molecule has 20 heavy (non-hydrogen) atoms. The monoisotopic (exact) mass is 271 g/mol. The fraction of sp³-hybridized carbons (Fsp3) is 0.250. The summed E-state index contributed by atoms with van der Waals surface area (Å²) in [6.07, 6.45) is 0. The zero-order valence-corrected chi connectivity index (χ0v) is 11.4. The Morgan fingerprint density at radius 2 is 1.95 bits per heavy atom. The molecule has 3 rings (SSSR count). The Morgan fingerprint density at radius 1 is 1.05 bits per heavy atom. The molecule has 2 aromatic carbocycles. The van der Waals surface area contributed by atoms with Crippen molar-refractivity contribution >= 4 is 0 Å². The molecule has 0 saturated carbocycles. The fourth-order valence-corrected chi connectivity index (χ4v) is 2.15. The highest BCUT2D eigenvalue weighted by molar-refractivity contribution is 5.44. The summed E-state index contributed by atoms with van der Waals surface area (Å²) in [5.41, 5.74) is 2.27. The molecule has 4 nitrogen and oxygen atoms in total. The summed E-state index contributed by atoms with van der Waals surface area (Å²) in [4.78, 5) is 0. The Bertz CT molecular complexity index is 598. The molecule has 0 aliphatic carbocycles. The van der Waals surface area contributed by atoms with Crippen LogP contribution in [0.3, 0.4) is 0 Å². The predicted molar refractivity (Wildman–Crippen MR) is 76.1 cm³/mol. The average molecular weight is 271 g/mol. The van der Waals surface area contributed by atoms with Gasteiger partial charge in [0.2, 0.25) is 6.79 Å². The Labute approximate surface area is 118 Å². The number of nitrogens with one attached hydrogen (secondary N) is 1. The molecule has 0 aromatic heterocycles. The van der Waals surface area contributed by atoms with E-state index in [4.69, 9.17) is 14.2 Å². The van der Waals surface area contributed by atoms with E-state index in [0.717, 1.165) is 29.4 Å². The maximum atomic E-state index is 5.81. The minimum absolute atomic E-state index is 0.297. The largest absolute Gasteiger partial charge is 0.489 e. The van der Waals surface area contributed by atoms with Crippen LogP contribution in [0.5, 0.6) is 17.2 Å². The molecule has 4 heteroatoms. The van der Waals surface area contributed by atoms with Crippen LogP contribution in [-0.2, 0) is 13.2 Å². The maximum absolute atomic E-state index is 5.81. The lowest BCUT2D eigenvalue weighted by molar-refractivity contribution is 0.174. The Hall–Kier alpha value is -2.20. The van der Waals surface area contributed by atoms with Crippen LogP contribution in [0.15, 0.2) is 42.5 Å². The summed E-state index contributed by atoms with van der Waals surface area (Å²) in [5.74, 6) is 2.45. The lowest BCUT2D eigenvalue weighted by Gasteiger charge is -2.08. The SMILES string of the molecule is CNCc1cccc(OCc2ccc3c(c2)OCO3)c1. The van der Waals surface area contributed by atoms with Crippen LogP contribution in [0.1, 0.15) is 11.1 Å². The Kier molecular flexibility index (Phi) is 3.74. The number of ether oxygens (including phenoxy) is 3. The molecule has 0 fully saturated rings. The predicted octanol–water partition coefficient (Wildman–Crippen LogP) is 2.71. The van der Waals surface area contributed by atoms with Gasteiger partial charge in [0.15, 0.2) is 11.5 Å². The van der Waals surface area contributed by atoms with Crippen molar-refractivity contribution in [3.8, 4) is 17.2 Å². The average Bonchev–Trinajstić information content (AvgIpc) is 2.93. The van der Waals surface area contributed by atoms with Gasteiger partial charge in [-0.1, -0.05) is 18.2 Å². The first kappa shape index (κ1) is 12.8. The third-order valence-corrected chi connectivity index (χ3v) is 3.12. The van der Waals surface area contributed by atoms with Gasteiger partial charge in [0.05, 0.1) is 0 Å². The molecule has 0 unspecified atom stereocenters. The summed E-state index contributed by atoms with van der Waals surface area (Å²) in [6.45, 7) is 1.65. The lowest BCUT2D eigenvalue weighted by Crippen LogP contribution is -2.05. The van der Waals surface area contributed by atoms with E-state index in [1.54, 1.807) is 0 Å². The number of rotatable bonds is 5. The quantitative estimate of drug-likeness (QED) is 0.907. The number of benzene rings is 2. The second-order valence-electron chi connectivity index (χ2n) is 4.65. The van der Waals surface area contributed by atoms with Crippen LogP contribution in [0.4, 0.5) is 0 Å². The molecule has 1 aliphatic heterocycles. The van der Waals surface area contributed by atoms with Gasteiger partial charge in [-0.15, -0.1) is 0 Å². The van der Waals surface area contributed by atoms with Gasteiger partial charge in [-0.2, -0.15) is 0 Å². The van der Waals surface area contributed by atoms with E-state index in [9.17, 15) is 0 Å². The Balaban J connectivity index is 1.65. The molecular formula is C16H17NO3. The number of hydrogen-bond acceptors (Lipinski definition) is 4. The van der Waals surface area contributed by atoms with Gasteiger partial charge >= 0.3 is 0 Å². The standard InChI is InChI=1S/C16H17NO3/c1-17-9-12-3-2-4-14(7-12)18-10-13-5-6-15-16(8-13)20-11-19-15/h2-8,17H,9-11H2,1H3. The summed E-state index contributed by atoms with van der Waals surface area (Å²) < 4.78 is 16.5. The fourth-order valence-electron chi connectivity index (χ4n) is 2.15. The van der Waals surface area contributed by atoms with E-state index in [-0.39, 0.29) is 0 Å². The topological polar surface area (TPSA) is 39.7 Å². The van der Waals surface area contributed by atoms with Crippen LogP contribution >= 0.6 is 0 Å². The van der Waals surface area contributed by atoms with Crippen molar-refractivity contribution < 1.29 is 14.2 Å². The van der Waals surface area contributed by atoms with Gasteiger partial charge in [-0.3, -0.25) is 0 Å². The van der Waals surface area contributed by atoms with Crippen molar-refractivity contribution in [1.29, 1.82) is 0 Å². The summed E-state index contributed by atoms with van der Waals surface area (Å²) >= 11 is 0. The summed E-state index contributed by atoms with van der Waals surface area (Å²) in [6, 6.07) is 13.9. The number of fused-ring (bicyclic) bond motifs is 1. The number of hydrogen-bond donors (Lipinski definition) is 1. The van der Waals surface area contributed by atoms with Gasteiger partial charge < -0.3 is 19.5 Å². The van der Waals surface area contributed by atoms with Crippen molar-refractivity contribution in [3.05, 3.63) is 53.6 Å². The van der Waals surface area contributed by atoms with Crippen LogP contribution < -0.4 is 19.5 Å². The molecule has 0 bridgehead atoms. The highest BCUT2D eigenvalue weighted by Crippen LogP contribution is 2.32. The van der Waals surface area contributed by atoms with E-state index in [0.29, 0.717) is 13.4 Å². The highest BCUT2D eigenvalue weighted by atomic mass is 16.7. The molecule has 0 spiro atoms. The van der Waals surface area contributed by atoms with Crippen LogP contribution in [0.25, 0.3) is 0 Å². The van der Waals surface area contributed by atoms with E-state index < -0.39 is 0 Å². The van der Waals surface area contributed by atoms with Gasteiger partial charge in [0.25, 0.3) is 0 Å². The van der Waals surface area contributed by atoms with Gasteiger partial charge in [-0.25, -0.2) is 0 Å². The van der Waals surface area contributed by atoms with Crippen LogP contribution in [-0.4, -0.2) is 13.8 Å². The minimum atomic E-state index is 0.297. The maximum Gasteiger partial charge on any atom is 0.231 e. The van der Waals surface area contributed by atoms with Gasteiger partial charge in [0.1, 0.15) is 12.4 Å². The molecule has 0 amide bonds. The Morgan fingerprint density at radius 3 is 2.85 bits per heavy atom. The molecule has 2 aromatic rings. The van der Waals surface area contributed by atoms with Gasteiger partial charge in [-0.05, 0) is 42.4 Å². The van der Waals surface area contributed by atoms with Crippen molar-refractivity contribution in [1.82, 2.24) is 5.32 Å². The third-order valence-electron chi connectivity index (χ3n) is 3.12. The molecule has 0 radical (unpaired) electrons. The molecule has 104 valence electrons. The first-order valence-corrected chi connectivity index (χ1v) is 6.60. The van der Waals surface area contributed by atoms with E-state index in [1.807, 2.05) is 43.4 Å². The van der Waals surface area contributed by atoms with E-state index in [1.165, 1.54) is 5.56 Å². The smallest absolute Gasteiger partial charge is 0.231 e. The van der Waals surface area contributed by atoms with E-state index >= 15 is 0 Å². The molecule has 0 atom stereocenters. The lowest BCUT2D eigenvalue weighted by atomic mass is 10.2. The van der Waals surface area contributed by atoms with Crippen molar-refractivity contribution in [2.45, 2.75) is 13.2 Å². The van der Waals surface area contributed by atoms with Crippen LogP contribution in [0.2, 0.25) is 0 Å². The van der Waals surface area contributed by atoms with Gasteiger partial charge in [0, 0.05) is 6.54 Å². The minimum Gasteiger partial charge on any atom is -0.489 e. The molecule has 1 heterocycles. The zero-order chi connectivity index (χ0) is 13.8. The zero-order valence-electron chi connectivity index (χ0n) is 11.4. The molecular weight excluding hydrogens is 254 g/mol. The molecule has 1 aliphatic rings. The molecule has 1 N–H and O–H groups in total. The van der Waals surface area contributed by atoms with E-state index in [2.05, 4.69) is 11.4 Å². The van der Waals surface area contributed by atoms with Crippen molar-refractivity contribution in [2.75, 3.05) is 13.8 Å². The second-order valence-corrected chi connectivity index (χ2v) is 4.65.